The average Bonchev–Trinajstić information content (AvgIpc) is 1.83. The zero-order chi connectivity index (χ0) is 6.85. The van der Waals surface area contributed by atoms with Crippen molar-refractivity contribution in [2.45, 2.75) is 33.6 Å². The number of hydrogen-bond donors (Lipinski definition) is 0. The quantitative estimate of drug-likeness (QED) is 0.467. The second-order valence-electron chi connectivity index (χ2n) is 3.51. The van der Waals surface area contributed by atoms with Crippen LogP contribution in [0.2, 0.25) is 0 Å². The van der Waals surface area contributed by atoms with Gasteiger partial charge in [-0.25, -0.2) is 0 Å². The van der Waals surface area contributed by atoms with E-state index in [1.54, 1.807) is 0 Å². The van der Waals surface area contributed by atoms with E-state index in [1.807, 2.05) is 0 Å². The van der Waals surface area contributed by atoms with Gasteiger partial charge in [-0.3, -0.25) is 0 Å². The molecule has 0 N–H and O–H groups in total. The Labute approximate surface area is 58.7 Å². The molecule has 0 aromatic heterocycles. The molecule has 0 spiro atoms. The maximum absolute atomic E-state index is 2.46. The fourth-order valence-electron chi connectivity index (χ4n) is 1.62. The Balaban J connectivity index is 2.41. The van der Waals surface area contributed by atoms with Crippen molar-refractivity contribution in [2.24, 2.45) is 17.8 Å². The summed E-state index contributed by atoms with van der Waals surface area (Å²) in [7, 11) is 0. The topological polar surface area (TPSA) is 0 Å². The lowest BCUT2D eigenvalue weighted by Crippen LogP contribution is -2.21. The molecule has 1 aliphatic carbocycles. The van der Waals surface area contributed by atoms with E-state index in [9.17, 15) is 0 Å². The standard InChI is InChI=1S/C9H17/c1-7-5-4-6-8(2)9(7)3/h5,7-9H,4,6H2,1-3H3. The Morgan fingerprint density at radius 3 is 2.33 bits per heavy atom. The van der Waals surface area contributed by atoms with E-state index >= 15 is 0 Å². The van der Waals surface area contributed by atoms with Crippen molar-refractivity contribution in [1.82, 2.24) is 0 Å². The van der Waals surface area contributed by atoms with Gasteiger partial charge in [0.1, 0.15) is 0 Å². The first-order valence-corrected chi connectivity index (χ1v) is 4.05. The van der Waals surface area contributed by atoms with Crippen LogP contribution in [0.1, 0.15) is 33.6 Å². The maximum Gasteiger partial charge on any atom is -0.0355 e. The molecule has 3 atom stereocenters. The van der Waals surface area contributed by atoms with Crippen LogP contribution in [0.3, 0.4) is 0 Å². The Kier molecular flexibility index (Phi) is 2.15. The summed E-state index contributed by atoms with van der Waals surface area (Å²) in [5.41, 5.74) is 0. The van der Waals surface area contributed by atoms with E-state index in [2.05, 4.69) is 27.2 Å². The third-order valence-electron chi connectivity index (χ3n) is 2.89. The first kappa shape index (κ1) is 7.11. The number of rotatable bonds is 0. The summed E-state index contributed by atoms with van der Waals surface area (Å²) in [5.74, 6) is 2.72. The first-order chi connectivity index (χ1) is 4.22. The third kappa shape index (κ3) is 1.47. The van der Waals surface area contributed by atoms with E-state index < -0.39 is 0 Å². The Morgan fingerprint density at radius 1 is 1.22 bits per heavy atom. The van der Waals surface area contributed by atoms with Crippen LogP contribution in [0.25, 0.3) is 0 Å². The predicted octanol–water partition coefficient (Wildman–Crippen LogP) is 2.89. The van der Waals surface area contributed by atoms with Gasteiger partial charge in [0.15, 0.2) is 0 Å². The SMILES string of the molecule is CC1[CH]CCC(C)C1C. The third-order valence-corrected chi connectivity index (χ3v) is 2.89. The van der Waals surface area contributed by atoms with Crippen LogP contribution in [0.4, 0.5) is 0 Å². The van der Waals surface area contributed by atoms with E-state index in [1.165, 1.54) is 12.8 Å². The highest BCUT2D eigenvalue weighted by Gasteiger charge is 2.23. The summed E-state index contributed by atoms with van der Waals surface area (Å²) < 4.78 is 0. The molecule has 0 aromatic carbocycles. The van der Waals surface area contributed by atoms with Crippen molar-refractivity contribution >= 4 is 0 Å². The molecule has 1 radical (unpaired) electrons. The molecule has 1 rings (SSSR count). The van der Waals surface area contributed by atoms with Crippen molar-refractivity contribution in [2.75, 3.05) is 0 Å². The molecule has 0 heterocycles. The molecule has 0 bridgehead atoms. The largest absolute Gasteiger partial charge is 0.0622 e. The van der Waals surface area contributed by atoms with Gasteiger partial charge in [-0.15, -0.1) is 0 Å². The molecule has 0 heteroatoms. The molecule has 0 saturated heterocycles. The first-order valence-electron chi connectivity index (χ1n) is 4.05. The van der Waals surface area contributed by atoms with Crippen molar-refractivity contribution in [3.05, 3.63) is 6.42 Å². The molecular weight excluding hydrogens is 108 g/mol. The summed E-state index contributed by atoms with van der Waals surface area (Å²) in [5, 5.41) is 0. The lowest BCUT2D eigenvalue weighted by Gasteiger charge is -2.31. The summed E-state index contributed by atoms with van der Waals surface area (Å²) in [6.45, 7) is 7.07. The van der Waals surface area contributed by atoms with Gasteiger partial charge in [0, 0.05) is 0 Å². The second kappa shape index (κ2) is 2.72. The highest BCUT2D eigenvalue weighted by atomic mass is 14.3. The van der Waals surface area contributed by atoms with Crippen LogP contribution in [0, 0.1) is 24.2 Å². The second-order valence-corrected chi connectivity index (χ2v) is 3.51. The van der Waals surface area contributed by atoms with Gasteiger partial charge >= 0.3 is 0 Å². The summed E-state index contributed by atoms with van der Waals surface area (Å²) >= 11 is 0. The number of hydrogen-bond acceptors (Lipinski definition) is 0. The maximum atomic E-state index is 2.46. The van der Waals surface area contributed by atoms with Crippen LogP contribution >= 0.6 is 0 Å². The van der Waals surface area contributed by atoms with Crippen molar-refractivity contribution < 1.29 is 0 Å². The molecule has 3 unspecified atom stereocenters. The van der Waals surface area contributed by atoms with Crippen molar-refractivity contribution in [3.63, 3.8) is 0 Å². The minimum atomic E-state index is 0.855. The predicted molar refractivity (Wildman–Crippen MR) is 41.0 cm³/mol. The van der Waals surface area contributed by atoms with Crippen molar-refractivity contribution in [1.29, 1.82) is 0 Å². The highest BCUT2D eigenvalue weighted by Crippen LogP contribution is 2.32. The lowest BCUT2D eigenvalue weighted by molar-refractivity contribution is 0.247. The molecule has 1 aliphatic rings. The van der Waals surface area contributed by atoms with E-state index in [0.717, 1.165) is 17.8 Å². The van der Waals surface area contributed by atoms with Gasteiger partial charge in [-0.05, 0) is 30.6 Å². The molecule has 0 aliphatic heterocycles. The molecular formula is C9H17. The van der Waals surface area contributed by atoms with Crippen LogP contribution in [0.5, 0.6) is 0 Å². The fourth-order valence-corrected chi connectivity index (χ4v) is 1.62. The van der Waals surface area contributed by atoms with Crippen LogP contribution < -0.4 is 0 Å². The molecule has 0 nitrogen and oxygen atoms in total. The molecule has 1 fully saturated rings. The summed E-state index contributed by atoms with van der Waals surface area (Å²) in [6, 6.07) is 0. The molecule has 1 saturated carbocycles. The van der Waals surface area contributed by atoms with Gasteiger partial charge in [0.25, 0.3) is 0 Å². The monoisotopic (exact) mass is 125 g/mol. The highest BCUT2D eigenvalue weighted by molar-refractivity contribution is 4.85. The van der Waals surface area contributed by atoms with E-state index in [4.69, 9.17) is 0 Å². The van der Waals surface area contributed by atoms with Gasteiger partial charge in [-0.2, -0.15) is 0 Å². The minimum Gasteiger partial charge on any atom is -0.0622 e. The summed E-state index contributed by atoms with van der Waals surface area (Å²) in [6.07, 6.45) is 5.21. The minimum absolute atomic E-state index is 0.855. The Morgan fingerprint density at radius 2 is 1.89 bits per heavy atom. The van der Waals surface area contributed by atoms with Crippen molar-refractivity contribution in [3.8, 4) is 0 Å². The zero-order valence-electron chi connectivity index (χ0n) is 6.72. The zero-order valence-corrected chi connectivity index (χ0v) is 6.72. The molecule has 9 heavy (non-hydrogen) atoms. The van der Waals surface area contributed by atoms with E-state index in [-0.39, 0.29) is 0 Å². The molecule has 0 aromatic rings. The average molecular weight is 125 g/mol. The van der Waals surface area contributed by atoms with Gasteiger partial charge < -0.3 is 0 Å². The Bertz CT molecular complexity index is 76.0. The van der Waals surface area contributed by atoms with Crippen LogP contribution in [-0.4, -0.2) is 0 Å². The molecule has 0 amide bonds. The molecule has 53 valence electrons. The van der Waals surface area contributed by atoms with Gasteiger partial charge in [0.2, 0.25) is 0 Å². The van der Waals surface area contributed by atoms with E-state index in [0.29, 0.717) is 0 Å². The van der Waals surface area contributed by atoms with Gasteiger partial charge in [-0.1, -0.05) is 27.2 Å². The van der Waals surface area contributed by atoms with Crippen LogP contribution in [0.15, 0.2) is 0 Å². The fraction of sp³-hybridized carbons (Fsp3) is 0.889. The Hall–Kier alpha value is 0. The van der Waals surface area contributed by atoms with Crippen LogP contribution in [-0.2, 0) is 0 Å². The van der Waals surface area contributed by atoms with Gasteiger partial charge in [0.05, 0.1) is 0 Å². The normalized spacial score (nSPS) is 45.0. The lowest BCUT2D eigenvalue weighted by atomic mass is 9.75. The summed E-state index contributed by atoms with van der Waals surface area (Å²) in [4.78, 5) is 0. The smallest absolute Gasteiger partial charge is 0.0355 e.